The van der Waals surface area contributed by atoms with E-state index in [1.165, 1.54) is 36.0 Å². The summed E-state index contributed by atoms with van der Waals surface area (Å²) in [6, 6.07) is 12.3. The highest BCUT2D eigenvalue weighted by Gasteiger charge is 2.37. The van der Waals surface area contributed by atoms with Gasteiger partial charge in [-0.2, -0.15) is 0 Å². The molecule has 2 aromatic carbocycles. The number of ether oxygens (including phenoxy) is 2. The minimum Gasteiger partial charge on any atom is -0.484 e. The van der Waals surface area contributed by atoms with Gasteiger partial charge < -0.3 is 19.7 Å². The normalized spacial score (nSPS) is 16.9. The number of nitrogens with zero attached hydrogens (tertiary/aromatic N) is 2. The quantitative estimate of drug-likeness (QED) is 0.599. The van der Waals surface area contributed by atoms with E-state index in [4.69, 9.17) is 9.47 Å². The van der Waals surface area contributed by atoms with E-state index in [2.05, 4.69) is 10.3 Å². The molecule has 7 nitrogen and oxygen atoms in total. The van der Waals surface area contributed by atoms with Gasteiger partial charge in [-0.05, 0) is 61.2 Å². The number of carbonyl (C=O) groups excluding carboxylic acids is 2. The van der Waals surface area contributed by atoms with E-state index in [9.17, 15) is 14.0 Å². The van der Waals surface area contributed by atoms with E-state index >= 15 is 0 Å². The van der Waals surface area contributed by atoms with Gasteiger partial charge in [-0.3, -0.25) is 4.79 Å². The Morgan fingerprint density at radius 1 is 1.15 bits per heavy atom. The summed E-state index contributed by atoms with van der Waals surface area (Å²) in [5.41, 5.74) is 2.46. The number of thioether (sulfide) groups is 1. The van der Waals surface area contributed by atoms with E-state index in [1.54, 1.807) is 26.0 Å². The van der Waals surface area contributed by atoms with Crippen molar-refractivity contribution >= 4 is 34.5 Å². The highest BCUT2D eigenvalue weighted by Crippen LogP contribution is 2.41. The molecule has 2 aromatic rings. The first kappa shape index (κ1) is 22.6. The molecular weight excluding hydrogens is 445 g/mol. The van der Waals surface area contributed by atoms with E-state index in [-0.39, 0.29) is 31.0 Å². The Kier molecular flexibility index (Phi) is 6.79. The number of hydrogen-bond acceptors (Lipinski definition) is 7. The van der Waals surface area contributed by atoms with Gasteiger partial charge >= 0.3 is 5.97 Å². The lowest BCUT2D eigenvalue weighted by Gasteiger charge is -2.33. The van der Waals surface area contributed by atoms with Crippen molar-refractivity contribution in [2.75, 3.05) is 18.5 Å². The van der Waals surface area contributed by atoms with Crippen LogP contribution in [0, 0.1) is 5.82 Å². The molecule has 4 rings (SSSR count). The molecule has 1 N–H and O–H groups in total. The second-order valence-electron chi connectivity index (χ2n) is 7.24. The number of amidine groups is 1. The van der Waals surface area contributed by atoms with Crippen LogP contribution in [0.5, 0.6) is 5.75 Å². The molecule has 33 heavy (non-hydrogen) atoms. The van der Waals surface area contributed by atoms with Crippen LogP contribution in [0.1, 0.15) is 25.5 Å². The first-order valence-electron chi connectivity index (χ1n) is 10.3. The molecular formula is C24H22FN3O4S. The molecule has 0 saturated heterocycles. The minimum absolute atomic E-state index is 0.199. The summed E-state index contributed by atoms with van der Waals surface area (Å²) in [4.78, 5) is 31.3. The third-order valence-electron chi connectivity index (χ3n) is 5.01. The van der Waals surface area contributed by atoms with Gasteiger partial charge in [0.15, 0.2) is 11.8 Å². The molecule has 2 aliphatic heterocycles. The van der Waals surface area contributed by atoms with Crippen LogP contribution in [0.4, 0.5) is 10.1 Å². The van der Waals surface area contributed by atoms with E-state index in [0.717, 1.165) is 10.7 Å². The zero-order valence-corrected chi connectivity index (χ0v) is 18.9. The maximum absolute atomic E-state index is 13.0. The molecule has 1 amide bonds. The molecule has 170 valence electrons. The van der Waals surface area contributed by atoms with Crippen molar-refractivity contribution in [3.05, 3.63) is 82.8 Å². The fourth-order valence-corrected chi connectivity index (χ4v) is 4.31. The Morgan fingerprint density at radius 3 is 2.58 bits per heavy atom. The van der Waals surface area contributed by atoms with E-state index < -0.39 is 5.97 Å². The van der Waals surface area contributed by atoms with Crippen LogP contribution in [-0.2, 0) is 14.3 Å². The number of halogens is 1. The number of esters is 1. The van der Waals surface area contributed by atoms with Crippen molar-refractivity contribution in [3.8, 4) is 5.75 Å². The van der Waals surface area contributed by atoms with Crippen molar-refractivity contribution in [2.45, 2.75) is 19.9 Å². The number of rotatable bonds is 7. The van der Waals surface area contributed by atoms with E-state index in [0.29, 0.717) is 22.7 Å². The second-order valence-corrected chi connectivity index (χ2v) is 8.11. The fraction of sp³-hybridized carbons (Fsp3) is 0.208. The van der Waals surface area contributed by atoms with Gasteiger partial charge in [0.05, 0.1) is 23.9 Å². The van der Waals surface area contributed by atoms with Crippen molar-refractivity contribution < 1.29 is 23.5 Å². The summed E-state index contributed by atoms with van der Waals surface area (Å²) in [6.45, 7) is 3.65. The lowest BCUT2D eigenvalue weighted by atomic mass is 9.95. The average molecular weight is 468 g/mol. The maximum Gasteiger partial charge on any atom is 0.338 e. The number of allylic oxidation sites excluding steroid dienone is 1. The van der Waals surface area contributed by atoms with Crippen molar-refractivity contribution in [2.24, 2.45) is 4.99 Å². The number of anilines is 1. The molecule has 0 aliphatic carbocycles. The molecule has 0 spiro atoms. The second kappa shape index (κ2) is 9.91. The Bertz CT molecular complexity index is 1140. The van der Waals surface area contributed by atoms with Gasteiger partial charge in [0.1, 0.15) is 11.6 Å². The van der Waals surface area contributed by atoms with Crippen molar-refractivity contribution in [1.29, 1.82) is 0 Å². The van der Waals surface area contributed by atoms with Gasteiger partial charge in [-0.15, -0.1) is 0 Å². The molecule has 2 heterocycles. The number of nitrogens with one attached hydrogen (secondary N) is 1. The highest BCUT2D eigenvalue weighted by molar-refractivity contribution is 8.16. The molecule has 9 heteroatoms. The third kappa shape index (κ3) is 5.09. The number of fused-ring (bicyclic) bond motifs is 1. The topological polar surface area (TPSA) is 80.2 Å². The predicted octanol–water partition coefficient (Wildman–Crippen LogP) is 4.61. The van der Waals surface area contributed by atoms with E-state index in [1.807, 2.05) is 28.6 Å². The molecule has 0 saturated carbocycles. The molecule has 0 fully saturated rings. The van der Waals surface area contributed by atoms with Gasteiger partial charge in [-0.1, -0.05) is 23.9 Å². The van der Waals surface area contributed by atoms with Crippen molar-refractivity contribution in [1.82, 2.24) is 4.90 Å². The van der Waals surface area contributed by atoms with Crippen LogP contribution in [0.2, 0.25) is 0 Å². The van der Waals surface area contributed by atoms with Crippen LogP contribution in [0.25, 0.3) is 0 Å². The van der Waals surface area contributed by atoms with Crippen LogP contribution in [0.3, 0.4) is 0 Å². The van der Waals surface area contributed by atoms with Gasteiger partial charge in [0.25, 0.3) is 5.91 Å². The van der Waals surface area contributed by atoms with Crippen molar-refractivity contribution in [3.63, 3.8) is 0 Å². The average Bonchev–Trinajstić information content (AvgIpc) is 3.27. The summed E-state index contributed by atoms with van der Waals surface area (Å²) in [5.74, 6) is -0.630. The van der Waals surface area contributed by atoms with Gasteiger partial charge in [-0.25, -0.2) is 14.2 Å². The number of carbonyl (C=O) groups is 2. The SMILES string of the molecule is CCOC(=O)C1=C(C)N=C2SC=CN2[C@H]1c1ccc(OCC(=O)Nc2ccc(F)cc2)cc1. The maximum atomic E-state index is 13.0. The molecule has 0 aromatic heterocycles. The number of hydrogen-bond donors (Lipinski definition) is 1. The monoisotopic (exact) mass is 467 g/mol. The largest absolute Gasteiger partial charge is 0.484 e. The molecule has 0 bridgehead atoms. The van der Waals surface area contributed by atoms with Crippen LogP contribution >= 0.6 is 11.8 Å². The third-order valence-corrected chi connectivity index (χ3v) is 5.78. The van der Waals surface area contributed by atoms with Crippen LogP contribution in [-0.4, -0.2) is 35.2 Å². The fourth-order valence-electron chi connectivity index (χ4n) is 3.52. The first-order valence-corrected chi connectivity index (χ1v) is 11.2. The summed E-state index contributed by atoms with van der Waals surface area (Å²) < 4.78 is 23.8. The molecule has 1 atom stereocenters. The standard InChI is InChI=1S/C24H22FN3O4S/c1-3-31-23(30)21-15(2)26-24-28(12-13-33-24)22(21)16-4-10-19(11-5-16)32-14-20(29)27-18-8-6-17(25)7-9-18/h4-13,22H,3,14H2,1-2H3,(H,27,29)/t22-/m0/s1. The predicted molar refractivity (Wildman–Crippen MR) is 125 cm³/mol. The molecule has 0 unspecified atom stereocenters. The van der Waals surface area contributed by atoms with Gasteiger partial charge in [0.2, 0.25) is 0 Å². The molecule has 2 aliphatic rings. The summed E-state index contributed by atoms with van der Waals surface area (Å²) >= 11 is 1.49. The van der Waals surface area contributed by atoms with Gasteiger partial charge in [0, 0.05) is 11.9 Å². The molecule has 0 radical (unpaired) electrons. The summed E-state index contributed by atoms with van der Waals surface area (Å²) in [5, 5.41) is 5.36. The number of benzene rings is 2. The number of aliphatic imine (C=N–C) groups is 1. The lowest BCUT2D eigenvalue weighted by molar-refractivity contribution is -0.139. The zero-order valence-electron chi connectivity index (χ0n) is 18.1. The highest BCUT2D eigenvalue weighted by atomic mass is 32.2. The zero-order chi connectivity index (χ0) is 23.4. The Hall–Kier alpha value is -3.59. The Balaban J connectivity index is 1.46. The summed E-state index contributed by atoms with van der Waals surface area (Å²) in [7, 11) is 0. The minimum atomic E-state index is -0.397. The van der Waals surface area contributed by atoms with Crippen LogP contribution < -0.4 is 10.1 Å². The smallest absolute Gasteiger partial charge is 0.338 e. The Labute approximate surface area is 195 Å². The summed E-state index contributed by atoms with van der Waals surface area (Å²) in [6.07, 6.45) is 1.89. The number of amides is 1. The Morgan fingerprint density at radius 2 is 1.88 bits per heavy atom. The lowest BCUT2D eigenvalue weighted by Crippen LogP contribution is -2.34. The first-order chi connectivity index (χ1) is 16.0. The van der Waals surface area contributed by atoms with Crippen LogP contribution in [0.15, 0.2) is 76.4 Å².